The standard InChI is InChI=1S/C15H26O4/c1-5-9-13(15(17)19-11-7-3)12(8-4)14(16)18-10-6-2/h5-11H2,1-4H3/b13-12-. The first kappa shape index (κ1) is 17.7. The third kappa shape index (κ3) is 6.41. The van der Waals surface area contributed by atoms with E-state index in [1.54, 1.807) is 0 Å². The molecule has 0 spiro atoms. The molecule has 0 aliphatic rings. The van der Waals surface area contributed by atoms with Crippen LogP contribution < -0.4 is 0 Å². The number of carbonyl (C=O) groups excluding carboxylic acids is 2. The van der Waals surface area contributed by atoms with Gasteiger partial charge in [-0.25, -0.2) is 9.59 Å². The van der Waals surface area contributed by atoms with Gasteiger partial charge in [0.2, 0.25) is 0 Å². The molecule has 0 rings (SSSR count). The minimum atomic E-state index is -0.388. The van der Waals surface area contributed by atoms with Gasteiger partial charge in [-0.05, 0) is 25.7 Å². The van der Waals surface area contributed by atoms with E-state index in [4.69, 9.17) is 9.47 Å². The number of hydrogen-bond donors (Lipinski definition) is 0. The highest BCUT2D eigenvalue weighted by atomic mass is 16.5. The van der Waals surface area contributed by atoms with Crippen molar-refractivity contribution in [2.45, 2.75) is 59.8 Å². The lowest BCUT2D eigenvalue weighted by atomic mass is 10.0. The number of rotatable bonds is 9. The minimum Gasteiger partial charge on any atom is -0.462 e. The summed E-state index contributed by atoms with van der Waals surface area (Å²) in [7, 11) is 0. The lowest BCUT2D eigenvalue weighted by Gasteiger charge is -2.12. The van der Waals surface area contributed by atoms with E-state index in [1.165, 1.54) is 0 Å². The first-order valence-electron chi connectivity index (χ1n) is 7.18. The van der Waals surface area contributed by atoms with Gasteiger partial charge < -0.3 is 9.47 Å². The monoisotopic (exact) mass is 270 g/mol. The van der Waals surface area contributed by atoms with Crippen LogP contribution in [-0.2, 0) is 19.1 Å². The van der Waals surface area contributed by atoms with Crippen molar-refractivity contribution >= 4 is 11.9 Å². The van der Waals surface area contributed by atoms with E-state index >= 15 is 0 Å². The molecule has 110 valence electrons. The second kappa shape index (κ2) is 10.6. The van der Waals surface area contributed by atoms with Gasteiger partial charge in [0, 0.05) is 11.1 Å². The van der Waals surface area contributed by atoms with E-state index in [2.05, 4.69) is 0 Å². The fourth-order valence-corrected chi connectivity index (χ4v) is 1.67. The molecule has 0 heterocycles. The zero-order valence-electron chi connectivity index (χ0n) is 12.6. The SMILES string of the molecule is CCCOC(=O)/C(CC)=C(/CCC)C(=O)OCCC. The molecule has 0 saturated heterocycles. The van der Waals surface area contributed by atoms with Crippen molar-refractivity contribution in [1.29, 1.82) is 0 Å². The molecule has 4 nitrogen and oxygen atoms in total. The molecule has 0 aromatic rings. The van der Waals surface area contributed by atoms with Crippen molar-refractivity contribution in [1.82, 2.24) is 0 Å². The summed E-state index contributed by atoms with van der Waals surface area (Å²) < 4.78 is 10.3. The molecule has 4 heteroatoms. The molecule has 0 N–H and O–H groups in total. The molecule has 0 atom stereocenters. The predicted molar refractivity (Wildman–Crippen MR) is 74.7 cm³/mol. The maximum Gasteiger partial charge on any atom is 0.334 e. The molecule has 0 radical (unpaired) electrons. The Morgan fingerprint density at radius 1 is 0.737 bits per heavy atom. The van der Waals surface area contributed by atoms with Crippen LogP contribution in [0.15, 0.2) is 11.1 Å². The largest absolute Gasteiger partial charge is 0.462 e. The highest BCUT2D eigenvalue weighted by Gasteiger charge is 2.21. The van der Waals surface area contributed by atoms with Crippen molar-refractivity contribution in [3.05, 3.63) is 11.1 Å². The summed E-state index contributed by atoms with van der Waals surface area (Å²) in [5.41, 5.74) is 0.927. The summed E-state index contributed by atoms with van der Waals surface area (Å²) in [5.74, 6) is -0.768. The van der Waals surface area contributed by atoms with Gasteiger partial charge in [0.05, 0.1) is 13.2 Å². The van der Waals surface area contributed by atoms with E-state index in [9.17, 15) is 9.59 Å². The molecule has 0 bridgehead atoms. The lowest BCUT2D eigenvalue weighted by molar-refractivity contribution is -0.142. The summed E-state index contributed by atoms with van der Waals surface area (Å²) in [5, 5.41) is 0. The van der Waals surface area contributed by atoms with E-state index in [-0.39, 0.29) is 11.9 Å². The summed E-state index contributed by atoms with van der Waals surface area (Å²) in [6.45, 7) is 8.46. The van der Waals surface area contributed by atoms with Crippen LogP contribution in [-0.4, -0.2) is 25.2 Å². The molecular weight excluding hydrogens is 244 g/mol. The van der Waals surface area contributed by atoms with Gasteiger partial charge in [-0.15, -0.1) is 0 Å². The maximum absolute atomic E-state index is 12.0. The second-order valence-electron chi connectivity index (χ2n) is 4.33. The normalized spacial score (nSPS) is 11.8. The van der Waals surface area contributed by atoms with Crippen molar-refractivity contribution in [3.63, 3.8) is 0 Å². The number of ether oxygens (including phenoxy) is 2. The van der Waals surface area contributed by atoms with Crippen LogP contribution in [0.4, 0.5) is 0 Å². The maximum atomic E-state index is 12.0. The minimum absolute atomic E-state index is 0.381. The third-order valence-corrected chi connectivity index (χ3v) is 2.59. The smallest absolute Gasteiger partial charge is 0.334 e. The summed E-state index contributed by atoms with van der Waals surface area (Å²) in [4.78, 5) is 23.9. The first-order chi connectivity index (χ1) is 9.12. The molecule has 0 aliphatic heterocycles. The van der Waals surface area contributed by atoms with Gasteiger partial charge in [-0.3, -0.25) is 0 Å². The van der Waals surface area contributed by atoms with Gasteiger partial charge in [-0.1, -0.05) is 34.1 Å². The molecule has 0 unspecified atom stereocenters. The zero-order chi connectivity index (χ0) is 14.7. The molecule has 0 aromatic heterocycles. The van der Waals surface area contributed by atoms with Crippen molar-refractivity contribution in [3.8, 4) is 0 Å². The molecular formula is C15H26O4. The van der Waals surface area contributed by atoms with Crippen LogP contribution in [0.3, 0.4) is 0 Å². The van der Waals surface area contributed by atoms with E-state index in [1.807, 2.05) is 27.7 Å². The van der Waals surface area contributed by atoms with Crippen LogP contribution in [0.25, 0.3) is 0 Å². The molecule has 0 aliphatic carbocycles. The van der Waals surface area contributed by atoms with Crippen LogP contribution in [0.5, 0.6) is 0 Å². The van der Waals surface area contributed by atoms with Crippen LogP contribution in [0, 0.1) is 0 Å². The Morgan fingerprint density at radius 2 is 1.21 bits per heavy atom. The second-order valence-corrected chi connectivity index (χ2v) is 4.33. The number of hydrogen-bond acceptors (Lipinski definition) is 4. The predicted octanol–water partition coefficient (Wildman–Crippen LogP) is 3.40. The summed E-state index contributed by atoms with van der Waals surface area (Å²) >= 11 is 0. The number of carbonyl (C=O) groups is 2. The zero-order valence-corrected chi connectivity index (χ0v) is 12.6. The fraction of sp³-hybridized carbons (Fsp3) is 0.733. The van der Waals surface area contributed by atoms with Crippen LogP contribution >= 0.6 is 0 Å². The summed E-state index contributed by atoms with van der Waals surface area (Å²) in [6, 6.07) is 0. The topological polar surface area (TPSA) is 52.6 Å². The van der Waals surface area contributed by atoms with Crippen LogP contribution in [0.2, 0.25) is 0 Å². The Balaban J connectivity index is 5.05. The van der Waals surface area contributed by atoms with E-state index in [0.717, 1.165) is 19.3 Å². The van der Waals surface area contributed by atoms with E-state index in [0.29, 0.717) is 37.2 Å². The highest BCUT2D eigenvalue weighted by molar-refractivity contribution is 6.00. The Labute approximate surface area is 116 Å². The van der Waals surface area contributed by atoms with E-state index < -0.39 is 0 Å². The van der Waals surface area contributed by atoms with Gasteiger partial charge in [0.15, 0.2) is 0 Å². The third-order valence-electron chi connectivity index (χ3n) is 2.59. The first-order valence-corrected chi connectivity index (χ1v) is 7.18. The highest BCUT2D eigenvalue weighted by Crippen LogP contribution is 2.18. The molecule has 19 heavy (non-hydrogen) atoms. The Kier molecular flexibility index (Phi) is 9.85. The molecule has 0 saturated carbocycles. The van der Waals surface area contributed by atoms with Crippen LogP contribution in [0.1, 0.15) is 59.8 Å². The van der Waals surface area contributed by atoms with Crippen molar-refractivity contribution in [2.75, 3.05) is 13.2 Å². The average Bonchev–Trinajstić information content (AvgIpc) is 2.42. The van der Waals surface area contributed by atoms with Gasteiger partial charge in [0.25, 0.3) is 0 Å². The van der Waals surface area contributed by atoms with Gasteiger partial charge >= 0.3 is 11.9 Å². The molecule has 0 amide bonds. The Hall–Kier alpha value is -1.32. The Bertz CT molecular complexity index is 318. The fourth-order valence-electron chi connectivity index (χ4n) is 1.67. The average molecular weight is 270 g/mol. The summed E-state index contributed by atoms with van der Waals surface area (Å²) in [6.07, 6.45) is 3.37. The van der Waals surface area contributed by atoms with Gasteiger partial charge in [0.1, 0.15) is 0 Å². The quantitative estimate of drug-likeness (QED) is 0.476. The Morgan fingerprint density at radius 3 is 1.58 bits per heavy atom. The molecule has 0 aromatic carbocycles. The van der Waals surface area contributed by atoms with Crippen molar-refractivity contribution < 1.29 is 19.1 Å². The lowest BCUT2D eigenvalue weighted by Crippen LogP contribution is -2.17. The van der Waals surface area contributed by atoms with Crippen molar-refractivity contribution in [2.24, 2.45) is 0 Å². The van der Waals surface area contributed by atoms with Gasteiger partial charge in [-0.2, -0.15) is 0 Å². The number of esters is 2. The molecule has 0 fully saturated rings.